The topological polar surface area (TPSA) is 49.3 Å². The summed E-state index contributed by atoms with van der Waals surface area (Å²) in [4.78, 5) is 11.2. The summed E-state index contributed by atoms with van der Waals surface area (Å²) < 4.78 is 0. The van der Waals surface area contributed by atoms with Crippen LogP contribution in [-0.2, 0) is 16.6 Å². The molecule has 0 spiro atoms. The third kappa shape index (κ3) is 6.30. The van der Waals surface area contributed by atoms with Gasteiger partial charge in [0.2, 0.25) is 0 Å². The number of rotatable bonds is 7. The first-order chi connectivity index (χ1) is 9.70. The van der Waals surface area contributed by atoms with Gasteiger partial charge >= 0.3 is 5.97 Å². The number of hydrogen-bond donors (Lipinski definition) is 2. The number of benzene rings is 1. The Hall–Kier alpha value is -1.35. The van der Waals surface area contributed by atoms with Crippen molar-refractivity contribution in [1.82, 2.24) is 5.32 Å². The zero-order valence-electron chi connectivity index (χ0n) is 13.9. The second-order valence-electron chi connectivity index (χ2n) is 7.17. The van der Waals surface area contributed by atoms with E-state index < -0.39 is 12.0 Å². The van der Waals surface area contributed by atoms with Crippen molar-refractivity contribution in [1.29, 1.82) is 0 Å². The minimum atomic E-state index is -0.758. The van der Waals surface area contributed by atoms with E-state index in [1.165, 1.54) is 11.1 Å². The third-order valence-electron chi connectivity index (χ3n) is 3.63. The van der Waals surface area contributed by atoms with Crippen molar-refractivity contribution >= 4 is 5.97 Å². The predicted octanol–water partition coefficient (Wildman–Crippen LogP) is 3.62. The summed E-state index contributed by atoms with van der Waals surface area (Å²) in [6.07, 6.45) is 1.52. The van der Waals surface area contributed by atoms with Crippen molar-refractivity contribution in [3.63, 3.8) is 0 Å². The number of aliphatic carboxylic acids is 1. The zero-order chi connectivity index (χ0) is 16.0. The van der Waals surface area contributed by atoms with Gasteiger partial charge in [-0.2, -0.15) is 0 Å². The first-order valence-corrected chi connectivity index (χ1v) is 7.75. The van der Waals surface area contributed by atoms with Crippen LogP contribution in [0.5, 0.6) is 0 Å². The monoisotopic (exact) mass is 291 g/mol. The molecule has 0 radical (unpaired) electrons. The van der Waals surface area contributed by atoms with Crippen LogP contribution in [0.4, 0.5) is 0 Å². The summed E-state index contributed by atoms with van der Waals surface area (Å²) in [5, 5.41) is 12.3. The summed E-state index contributed by atoms with van der Waals surface area (Å²) in [5.74, 6) is -0.378. The van der Waals surface area contributed by atoms with Crippen molar-refractivity contribution in [2.75, 3.05) is 6.54 Å². The molecule has 1 rings (SSSR count). The van der Waals surface area contributed by atoms with E-state index in [2.05, 4.69) is 50.4 Å². The van der Waals surface area contributed by atoms with Gasteiger partial charge in [0.25, 0.3) is 0 Å². The quantitative estimate of drug-likeness (QED) is 0.806. The molecule has 0 saturated heterocycles. The highest BCUT2D eigenvalue weighted by Crippen LogP contribution is 2.22. The smallest absolute Gasteiger partial charge is 0.320 e. The van der Waals surface area contributed by atoms with Gasteiger partial charge in [-0.3, -0.25) is 4.79 Å². The highest BCUT2D eigenvalue weighted by molar-refractivity contribution is 5.73. The summed E-state index contributed by atoms with van der Waals surface area (Å²) in [5.41, 5.74) is 2.73. The van der Waals surface area contributed by atoms with Gasteiger partial charge in [-0.15, -0.1) is 0 Å². The molecule has 21 heavy (non-hydrogen) atoms. The highest BCUT2D eigenvalue weighted by Gasteiger charge is 2.17. The Bertz CT molecular complexity index is 443. The standard InChI is InChI=1S/C18H29NO2/c1-13(2)12-16(17(20)21)19-11-10-14-6-8-15(9-7-14)18(3,4)5/h6-9,13,16,19H,10-12H2,1-5H3,(H,20,21). The van der Waals surface area contributed by atoms with Gasteiger partial charge in [0.15, 0.2) is 0 Å². The summed E-state index contributed by atoms with van der Waals surface area (Å²) >= 11 is 0. The molecule has 1 atom stereocenters. The molecule has 0 aliphatic carbocycles. The Morgan fingerprint density at radius 1 is 1.19 bits per heavy atom. The molecule has 118 valence electrons. The van der Waals surface area contributed by atoms with Crippen molar-refractivity contribution in [2.45, 2.75) is 58.9 Å². The Morgan fingerprint density at radius 2 is 1.76 bits per heavy atom. The molecule has 0 aliphatic heterocycles. The maximum Gasteiger partial charge on any atom is 0.320 e. The molecule has 3 heteroatoms. The fourth-order valence-electron chi connectivity index (χ4n) is 2.31. The van der Waals surface area contributed by atoms with Gasteiger partial charge in [0.1, 0.15) is 6.04 Å². The zero-order valence-corrected chi connectivity index (χ0v) is 13.9. The first kappa shape index (κ1) is 17.7. The van der Waals surface area contributed by atoms with Crippen molar-refractivity contribution < 1.29 is 9.90 Å². The minimum absolute atomic E-state index is 0.169. The average Bonchev–Trinajstić information content (AvgIpc) is 2.36. The van der Waals surface area contributed by atoms with E-state index >= 15 is 0 Å². The van der Waals surface area contributed by atoms with Crippen molar-refractivity contribution in [3.8, 4) is 0 Å². The number of carboxylic acids is 1. The maximum absolute atomic E-state index is 11.2. The van der Waals surface area contributed by atoms with Gasteiger partial charge in [0, 0.05) is 0 Å². The molecule has 0 aromatic heterocycles. The number of hydrogen-bond acceptors (Lipinski definition) is 2. The van der Waals surface area contributed by atoms with Crippen LogP contribution in [0.1, 0.15) is 52.2 Å². The lowest BCUT2D eigenvalue weighted by Gasteiger charge is -2.19. The SMILES string of the molecule is CC(C)CC(NCCc1ccc(C(C)(C)C)cc1)C(=O)O. The van der Waals surface area contributed by atoms with Gasteiger partial charge in [-0.05, 0) is 41.8 Å². The molecule has 0 aliphatic rings. The van der Waals surface area contributed by atoms with E-state index in [-0.39, 0.29) is 5.41 Å². The molecule has 0 bridgehead atoms. The van der Waals surface area contributed by atoms with Crippen LogP contribution in [0.25, 0.3) is 0 Å². The fourth-order valence-corrected chi connectivity index (χ4v) is 2.31. The fraction of sp³-hybridized carbons (Fsp3) is 0.611. The van der Waals surface area contributed by atoms with E-state index in [0.717, 1.165) is 6.42 Å². The van der Waals surface area contributed by atoms with Crippen LogP contribution < -0.4 is 5.32 Å². The molecule has 0 fully saturated rings. The molecule has 2 N–H and O–H groups in total. The Kier molecular flexibility index (Phi) is 6.41. The first-order valence-electron chi connectivity index (χ1n) is 7.75. The van der Waals surface area contributed by atoms with Gasteiger partial charge in [0.05, 0.1) is 0 Å². The highest BCUT2D eigenvalue weighted by atomic mass is 16.4. The van der Waals surface area contributed by atoms with E-state index in [0.29, 0.717) is 18.9 Å². The Labute approximate surface area is 128 Å². The van der Waals surface area contributed by atoms with Crippen LogP contribution in [0, 0.1) is 5.92 Å². The van der Waals surface area contributed by atoms with E-state index in [4.69, 9.17) is 0 Å². The molecule has 0 saturated carbocycles. The van der Waals surface area contributed by atoms with Crippen LogP contribution in [-0.4, -0.2) is 23.7 Å². The van der Waals surface area contributed by atoms with Gasteiger partial charge in [-0.1, -0.05) is 58.9 Å². The number of carbonyl (C=O) groups is 1. The molecular weight excluding hydrogens is 262 g/mol. The Morgan fingerprint density at radius 3 is 2.19 bits per heavy atom. The second kappa shape index (κ2) is 7.60. The minimum Gasteiger partial charge on any atom is -0.480 e. The maximum atomic E-state index is 11.2. The molecule has 0 heterocycles. The van der Waals surface area contributed by atoms with Crippen LogP contribution in [0.15, 0.2) is 24.3 Å². The molecule has 1 aromatic carbocycles. The number of carboxylic acid groups (broad SMARTS) is 1. The Balaban J connectivity index is 2.50. The molecule has 3 nitrogen and oxygen atoms in total. The van der Waals surface area contributed by atoms with E-state index in [9.17, 15) is 9.90 Å². The summed E-state index contributed by atoms with van der Waals surface area (Å²) in [7, 11) is 0. The summed E-state index contributed by atoms with van der Waals surface area (Å²) in [6.45, 7) is 11.4. The van der Waals surface area contributed by atoms with Crippen molar-refractivity contribution in [2.24, 2.45) is 5.92 Å². The molecular formula is C18H29NO2. The van der Waals surface area contributed by atoms with E-state index in [1.54, 1.807) is 0 Å². The van der Waals surface area contributed by atoms with Crippen LogP contribution >= 0.6 is 0 Å². The van der Waals surface area contributed by atoms with Crippen LogP contribution in [0.2, 0.25) is 0 Å². The lowest BCUT2D eigenvalue weighted by Crippen LogP contribution is -2.38. The van der Waals surface area contributed by atoms with Gasteiger partial charge in [-0.25, -0.2) is 0 Å². The predicted molar refractivity (Wildman–Crippen MR) is 87.7 cm³/mol. The van der Waals surface area contributed by atoms with Gasteiger partial charge < -0.3 is 10.4 Å². The third-order valence-corrected chi connectivity index (χ3v) is 3.63. The second-order valence-corrected chi connectivity index (χ2v) is 7.17. The van der Waals surface area contributed by atoms with Crippen LogP contribution in [0.3, 0.4) is 0 Å². The number of nitrogens with one attached hydrogen (secondary N) is 1. The molecule has 0 amide bonds. The summed E-state index contributed by atoms with van der Waals surface area (Å²) in [6, 6.07) is 8.16. The molecule has 1 aromatic rings. The largest absolute Gasteiger partial charge is 0.480 e. The molecule has 1 unspecified atom stereocenters. The average molecular weight is 291 g/mol. The lowest BCUT2D eigenvalue weighted by molar-refractivity contribution is -0.139. The normalized spacial score (nSPS) is 13.4. The van der Waals surface area contributed by atoms with Crippen molar-refractivity contribution in [3.05, 3.63) is 35.4 Å². The van der Waals surface area contributed by atoms with E-state index in [1.807, 2.05) is 13.8 Å². The lowest BCUT2D eigenvalue weighted by atomic mass is 9.86.